The summed E-state index contributed by atoms with van der Waals surface area (Å²) >= 11 is 0. The van der Waals surface area contributed by atoms with E-state index in [4.69, 9.17) is 4.74 Å². The van der Waals surface area contributed by atoms with E-state index in [-0.39, 0.29) is 5.82 Å². The van der Waals surface area contributed by atoms with Crippen molar-refractivity contribution in [2.24, 2.45) is 11.8 Å². The smallest absolute Gasteiger partial charge is 0.123 e. The Bertz CT molecular complexity index is 353. The zero-order chi connectivity index (χ0) is 11.0. The molecule has 1 aliphatic carbocycles. The third-order valence-electron chi connectivity index (χ3n) is 3.73. The maximum atomic E-state index is 12.7. The minimum Gasteiger partial charge on any atom is -0.490 e. The van der Waals surface area contributed by atoms with Gasteiger partial charge in [0.2, 0.25) is 0 Å². The van der Waals surface area contributed by atoms with E-state index in [1.165, 1.54) is 12.1 Å². The maximum Gasteiger partial charge on any atom is 0.123 e. The van der Waals surface area contributed by atoms with Crippen molar-refractivity contribution < 1.29 is 9.13 Å². The fourth-order valence-electron chi connectivity index (χ4n) is 2.91. The fourth-order valence-corrected chi connectivity index (χ4v) is 2.91. The molecule has 1 aromatic carbocycles. The fraction of sp³-hybridized carbons (Fsp3) is 0.538. The molecule has 3 atom stereocenters. The Morgan fingerprint density at radius 3 is 2.31 bits per heavy atom. The molecule has 0 amide bonds. The van der Waals surface area contributed by atoms with Gasteiger partial charge < -0.3 is 10.1 Å². The molecule has 2 nitrogen and oxygen atoms in total. The normalized spacial score (nSPS) is 32.7. The summed E-state index contributed by atoms with van der Waals surface area (Å²) in [4.78, 5) is 0. The number of nitrogens with one attached hydrogen (secondary N) is 1. The minimum atomic E-state index is -0.208. The van der Waals surface area contributed by atoms with Gasteiger partial charge in [-0.1, -0.05) is 0 Å². The van der Waals surface area contributed by atoms with E-state index in [0.717, 1.165) is 43.5 Å². The molecule has 0 spiro atoms. The lowest BCUT2D eigenvalue weighted by Crippen LogP contribution is -2.18. The van der Waals surface area contributed by atoms with E-state index < -0.39 is 0 Å². The summed E-state index contributed by atoms with van der Waals surface area (Å²) in [5, 5.41) is 3.41. The summed E-state index contributed by atoms with van der Waals surface area (Å²) in [6.45, 7) is 2.27. The molecule has 3 rings (SSSR count). The minimum absolute atomic E-state index is 0.208. The van der Waals surface area contributed by atoms with Crippen molar-refractivity contribution in [2.75, 3.05) is 13.1 Å². The van der Waals surface area contributed by atoms with Gasteiger partial charge in [-0.05, 0) is 62.0 Å². The highest BCUT2D eigenvalue weighted by Crippen LogP contribution is 2.36. The molecule has 1 saturated carbocycles. The van der Waals surface area contributed by atoms with Crippen LogP contribution in [-0.2, 0) is 0 Å². The first-order valence-corrected chi connectivity index (χ1v) is 5.94. The quantitative estimate of drug-likeness (QED) is 0.826. The van der Waals surface area contributed by atoms with Crippen LogP contribution in [0, 0.1) is 17.7 Å². The van der Waals surface area contributed by atoms with Crippen LogP contribution in [0.3, 0.4) is 0 Å². The van der Waals surface area contributed by atoms with Crippen molar-refractivity contribution in [2.45, 2.75) is 18.9 Å². The van der Waals surface area contributed by atoms with Crippen molar-refractivity contribution in [3.05, 3.63) is 30.1 Å². The van der Waals surface area contributed by atoms with E-state index >= 15 is 0 Å². The Balaban J connectivity index is 1.62. The summed E-state index contributed by atoms with van der Waals surface area (Å²) < 4.78 is 18.6. The lowest BCUT2D eigenvalue weighted by Gasteiger charge is -2.14. The van der Waals surface area contributed by atoms with Crippen LogP contribution in [0.4, 0.5) is 4.39 Å². The van der Waals surface area contributed by atoms with Crippen molar-refractivity contribution in [1.29, 1.82) is 0 Å². The Kier molecular flexibility index (Phi) is 2.56. The standard InChI is InChI=1S/C13H16FNO/c14-11-1-3-12(4-2-11)16-13-5-9-7-15-8-10(9)6-13/h1-4,9-10,13,15H,5-8H2/t9-,10+,13?. The van der Waals surface area contributed by atoms with Crippen molar-refractivity contribution in [3.63, 3.8) is 0 Å². The molecule has 2 aliphatic rings. The molecular weight excluding hydrogens is 205 g/mol. The first kappa shape index (κ1) is 10.1. The van der Waals surface area contributed by atoms with Crippen LogP contribution in [0.5, 0.6) is 5.75 Å². The van der Waals surface area contributed by atoms with Crippen LogP contribution >= 0.6 is 0 Å². The molecule has 1 heterocycles. The zero-order valence-electron chi connectivity index (χ0n) is 9.16. The Morgan fingerprint density at radius 2 is 1.69 bits per heavy atom. The predicted octanol–water partition coefficient (Wildman–Crippen LogP) is 2.20. The summed E-state index contributed by atoms with van der Waals surface area (Å²) in [5.74, 6) is 2.15. The topological polar surface area (TPSA) is 21.3 Å². The van der Waals surface area contributed by atoms with Gasteiger partial charge in [0.15, 0.2) is 0 Å². The molecule has 1 N–H and O–H groups in total. The summed E-state index contributed by atoms with van der Waals surface area (Å²) in [7, 11) is 0. The number of fused-ring (bicyclic) bond motifs is 1. The largest absolute Gasteiger partial charge is 0.490 e. The second kappa shape index (κ2) is 4.06. The van der Waals surface area contributed by atoms with Crippen LogP contribution < -0.4 is 10.1 Å². The predicted molar refractivity (Wildman–Crippen MR) is 59.9 cm³/mol. The Labute approximate surface area is 94.8 Å². The number of halogens is 1. The highest BCUT2D eigenvalue weighted by Gasteiger charge is 2.38. The first-order chi connectivity index (χ1) is 7.81. The highest BCUT2D eigenvalue weighted by atomic mass is 19.1. The highest BCUT2D eigenvalue weighted by molar-refractivity contribution is 5.22. The van der Waals surface area contributed by atoms with Crippen molar-refractivity contribution >= 4 is 0 Å². The molecular formula is C13H16FNO. The summed E-state index contributed by atoms with van der Waals surface area (Å²) in [6.07, 6.45) is 2.59. The van der Waals surface area contributed by atoms with Gasteiger partial charge >= 0.3 is 0 Å². The molecule has 16 heavy (non-hydrogen) atoms. The van der Waals surface area contributed by atoms with Crippen molar-refractivity contribution in [3.8, 4) is 5.75 Å². The average molecular weight is 221 g/mol. The van der Waals surface area contributed by atoms with Crippen LogP contribution in [0.25, 0.3) is 0 Å². The Morgan fingerprint density at radius 1 is 1.06 bits per heavy atom. The van der Waals surface area contributed by atoms with Crippen LogP contribution in [0.2, 0.25) is 0 Å². The molecule has 0 aromatic heterocycles. The number of hydrogen-bond donors (Lipinski definition) is 1. The van der Waals surface area contributed by atoms with Gasteiger partial charge in [-0.3, -0.25) is 0 Å². The van der Waals surface area contributed by atoms with E-state index in [2.05, 4.69) is 5.32 Å². The van der Waals surface area contributed by atoms with E-state index in [1.807, 2.05) is 0 Å². The van der Waals surface area contributed by atoms with Gasteiger partial charge in [-0.2, -0.15) is 0 Å². The van der Waals surface area contributed by atoms with Crippen molar-refractivity contribution in [1.82, 2.24) is 5.32 Å². The molecule has 1 saturated heterocycles. The van der Waals surface area contributed by atoms with Gasteiger partial charge in [0, 0.05) is 0 Å². The summed E-state index contributed by atoms with van der Waals surface area (Å²) in [5.41, 5.74) is 0. The van der Waals surface area contributed by atoms with Gasteiger partial charge in [0.25, 0.3) is 0 Å². The molecule has 1 aliphatic heterocycles. The van der Waals surface area contributed by atoms with E-state index in [0.29, 0.717) is 6.10 Å². The molecule has 0 radical (unpaired) electrons. The van der Waals surface area contributed by atoms with Crippen LogP contribution in [0.15, 0.2) is 24.3 Å². The average Bonchev–Trinajstić information content (AvgIpc) is 2.81. The molecule has 2 fully saturated rings. The second-order valence-corrected chi connectivity index (χ2v) is 4.84. The van der Waals surface area contributed by atoms with Gasteiger partial charge in [-0.25, -0.2) is 4.39 Å². The van der Waals surface area contributed by atoms with E-state index in [9.17, 15) is 4.39 Å². The van der Waals surface area contributed by atoms with Crippen LogP contribution in [0.1, 0.15) is 12.8 Å². The Hall–Kier alpha value is -1.09. The van der Waals surface area contributed by atoms with Gasteiger partial charge in [0.05, 0.1) is 6.10 Å². The first-order valence-electron chi connectivity index (χ1n) is 5.94. The van der Waals surface area contributed by atoms with Crippen LogP contribution in [-0.4, -0.2) is 19.2 Å². The lowest BCUT2D eigenvalue weighted by atomic mass is 10.0. The van der Waals surface area contributed by atoms with E-state index in [1.54, 1.807) is 12.1 Å². The maximum absolute atomic E-state index is 12.7. The second-order valence-electron chi connectivity index (χ2n) is 4.84. The lowest BCUT2D eigenvalue weighted by molar-refractivity contribution is 0.199. The molecule has 1 unspecified atom stereocenters. The van der Waals surface area contributed by atoms with Gasteiger partial charge in [-0.15, -0.1) is 0 Å². The monoisotopic (exact) mass is 221 g/mol. The zero-order valence-corrected chi connectivity index (χ0v) is 9.16. The molecule has 3 heteroatoms. The number of ether oxygens (including phenoxy) is 1. The number of benzene rings is 1. The molecule has 86 valence electrons. The SMILES string of the molecule is Fc1ccc(OC2C[C@H]3CNC[C@H]3C2)cc1. The third-order valence-corrected chi connectivity index (χ3v) is 3.73. The third kappa shape index (κ3) is 1.92. The number of rotatable bonds is 2. The summed E-state index contributed by atoms with van der Waals surface area (Å²) in [6, 6.07) is 6.32. The number of hydrogen-bond acceptors (Lipinski definition) is 2. The van der Waals surface area contributed by atoms with Gasteiger partial charge in [0.1, 0.15) is 11.6 Å². The molecule has 0 bridgehead atoms. The molecule has 1 aromatic rings.